The summed E-state index contributed by atoms with van der Waals surface area (Å²) in [4.78, 5) is 40.4. The molecule has 3 rings (SSSR count). The zero-order valence-electron chi connectivity index (χ0n) is 13.6. The van der Waals surface area contributed by atoms with Gasteiger partial charge in [-0.15, -0.1) is 0 Å². The van der Waals surface area contributed by atoms with Gasteiger partial charge >= 0.3 is 6.03 Å². The van der Waals surface area contributed by atoms with Gasteiger partial charge in [0.25, 0.3) is 5.91 Å². The smallest absolute Gasteiger partial charge is 0.325 e. The molecule has 0 aliphatic carbocycles. The largest absolute Gasteiger partial charge is 0.361 e. The number of aromatic amines is 1. The highest BCUT2D eigenvalue weighted by Gasteiger charge is 2.39. The van der Waals surface area contributed by atoms with Gasteiger partial charge in [-0.2, -0.15) is 0 Å². The molecule has 1 aromatic carbocycles. The van der Waals surface area contributed by atoms with Crippen molar-refractivity contribution >= 4 is 28.7 Å². The van der Waals surface area contributed by atoms with E-state index in [9.17, 15) is 14.4 Å². The summed E-state index contributed by atoms with van der Waals surface area (Å²) in [6.07, 6.45) is 2.23. The minimum Gasteiger partial charge on any atom is -0.361 e. The van der Waals surface area contributed by atoms with Gasteiger partial charge < -0.3 is 15.6 Å². The minimum atomic E-state index is -0.649. The van der Waals surface area contributed by atoms with Gasteiger partial charge in [0.2, 0.25) is 5.91 Å². The first-order valence-corrected chi connectivity index (χ1v) is 7.92. The molecule has 0 radical (unpaired) electrons. The van der Waals surface area contributed by atoms with E-state index in [1.807, 2.05) is 44.3 Å². The molecule has 1 saturated heterocycles. The van der Waals surface area contributed by atoms with Crippen LogP contribution >= 0.6 is 0 Å². The molecule has 7 heteroatoms. The van der Waals surface area contributed by atoms with Crippen LogP contribution in [-0.4, -0.2) is 46.4 Å². The SMILES string of the molecule is CC(C)NC(=O)CN1C(=O)N[C@@H](Cc2c[nH]c3ccccc23)C1=O. The summed E-state index contributed by atoms with van der Waals surface area (Å²) in [6, 6.07) is 6.57. The van der Waals surface area contributed by atoms with Crippen LogP contribution in [0.1, 0.15) is 19.4 Å². The predicted molar refractivity (Wildman–Crippen MR) is 89.3 cm³/mol. The molecule has 4 amide bonds. The summed E-state index contributed by atoms with van der Waals surface area (Å²) < 4.78 is 0. The van der Waals surface area contributed by atoms with Crippen molar-refractivity contribution in [3.8, 4) is 0 Å². The van der Waals surface area contributed by atoms with Crippen molar-refractivity contribution in [2.75, 3.05) is 6.54 Å². The third-order valence-corrected chi connectivity index (χ3v) is 3.96. The molecule has 126 valence electrons. The maximum absolute atomic E-state index is 12.5. The maximum atomic E-state index is 12.5. The predicted octanol–water partition coefficient (Wildman–Crippen LogP) is 1.16. The second-order valence-electron chi connectivity index (χ2n) is 6.21. The summed E-state index contributed by atoms with van der Waals surface area (Å²) in [7, 11) is 0. The van der Waals surface area contributed by atoms with E-state index in [4.69, 9.17) is 0 Å². The lowest BCUT2D eigenvalue weighted by Gasteiger charge is -2.14. The molecule has 1 aliphatic rings. The third-order valence-electron chi connectivity index (χ3n) is 3.96. The Labute approximate surface area is 139 Å². The lowest BCUT2D eigenvalue weighted by atomic mass is 10.1. The molecule has 24 heavy (non-hydrogen) atoms. The molecular weight excluding hydrogens is 308 g/mol. The lowest BCUT2D eigenvalue weighted by Crippen LogP contribution is -2.43. The second kappa shape index (κ2) is 6.35. The number of carbonyl (C=O) groups is 3. The summed E-state index contributed by atoms with van der Waals surface area (Å²) in [6.45, 7) is 3.39. The number of nitrogens with zero attached hydrogens (tertiary/aromatic N) is 1. The molecule has 1 atom stereocenters. The Kier molecular flexibility index (Phi) is 4.24. The number of hydrogen-bond donors (Lipinski definition) is 3. The molecule has 2 aromatic rings. The maximum Gasteiger partial charge on any atom is 0.325 e. The zero-order chi connectivity index (χ0) is 17.3. The number of fused-ring (bicyclic) bond motifs is 1. The number of benzene rings is 1. The molecule has 0 unspecified atom stereocenters. The normalized spacial score (nSPS) is 17.6. The van der Waals surface area contributed by atoms with Crippen LogP contribution in [0.2, 0.25) is 0 Å². The van der Waals surface area contributed by atoms with E-state index in [1.54, 1.807) is 0 Å². The van der Waals surface area contributed by atoms with E-state index >= 15 is 0 Å². The van der Waals surface area contributed by atoms with Crippen LogP contribution in [0.3, 0.4) is 0 Å². The molecule has 0 spiro atoms. The van der Waals surface area contributed by atoms with E-state index in [0.29, 0.717) is 6.42 Å². The second-order valence-corrected chi connectivity index (χ2v) is 6.21. The molecule has 7 nitrogen and oxygen atoms in total. The van der Waals surface area contributed by atoms with Crippen LogP contribution in [-0.2, 0) is 16.0 Å². The van der Waals surface area contributed by atoms with Gasteiger partial charge in [-0.3, -0.25) is 14.5 Å². The van der Waals surface area contributed by atoms with Gasteiger partial charge in [0.1, 0.15) is 12.6 Å². The van der Waals surface area contributed by atoms with Crippen LogP contribution in [0.25, 0.3) is 10.9 Å². The van der Waals surface area contributed by atoms with E-state index in [2.05, 4.69) is 15.6 Å². The first kappa shape index (κ1) is 16.0. The summed E-state index contributed by atoms with van der Waals surface area (Å²) in [5, 5.41) is 6.36. The van der Waals surface area contributed by atoms with Crippen molar-refractivity contribution in [2.24, 2.45) is 0 Å². The minimum absolute atomic E-state index is 0.0414. The molecule has 3 N–H and O–H groups in total. The Balaban J connectivity index is 1.71. The molecule has 2 heterocycles. The average Bonchev–Trinajstić information content (AvgIpc) is 3.04. The third kappa shape index (κ3) is 3.10. The van der Waals surface area contributed by atoms with Gasteiger partial charge in [0, 0.05) is 29.6 Å². The number of carbonyl (C=O) groups excluding carboxylic acids is 3. The Hall–Kier alpha value is -2.83. The molecule has 1 aromatic heterocycles. The molecule has 1 aliphatic heterocycles. The zero-order valence-corrected chi connectivity index (χ0v) is 13.6. The lowest BCUT2D eigenvalue weighted by molar-refractivity contribution is -0.132. The quantitative estimate of drug-likeness (QED) is 0.719. The number of imide groups is 1. The van der Waals surface area contributed by atoms with Gasteiger partial charge in [-0.1, -0.05) is 18.2 Å². The Bertz CT molecular complexity index is 796. The van der Waals surface area contributed by atoms with Crippen molar-refractivity contribution in [1.82, 2.24) is 20.5 Å². The van der Waals surface area contributed by atoms with Gasteiger partial charge in [0.15, 0.2) is 0 Å². The Morgan fingerprint density at radius 1 is 1.29 bits per heavy atom. The Morgan fingerprint density at radius 2 is 2.04 bits per heavy atom. The number of rotatable bonds is 5. The molecule has 0 bridgehead atoms. The Morgan fingerprint density at radius 3 is 2.79 bits per heavy atom. The average molecular weight is 328 g/mol. The van der Waals surface area contributed by atoms with Crippen LogP contribution in [0, 0.1) is 0 Å². The number of para-hydroxylation sites is 1. The number of H-pyrrole nitrogens is 1. The van der Waals surface area contributed by atoms with E-state index in [1.165, 1.54) is 0 Å². The number of amides is 4. The van der Waals surface area contributed by atoms with E-state index in [0.717, 1.165) is 21.4 Å². The fourth-order valence-corrected chi connectivity index (χ4v) is 2.90. The van der Waals surface area contributed by atoms with Gasteiger partial charge in [-0.05, 0) is 25.5 Å². The van der Waals surface area contributed by atoms with Crippen LogP contribution in [0.15, 0.2) is 30.5 Å². The van der Waals surface area contributed by atoms with Crippen molar-refractivity contribution in [2.45, 2.75) is 32.4 Å². The first-order valence-electron chi connectivity index (χ1n) is 7.92. The molecular formula is C17H20N4O3. The molecule has 1 fully saturated rings. The summed E-state index contributed by atoms with van der Waals surface area (Å²) >= 11 is 0. The van der Waals surface area contributed by atoms with Crippen LogP contribution in [0.4, 0.5) is 4.79 Å². The highest BCUT2D eigenvalue weighted by Crippen LogP contribution is 2.21. The van der Waals surface area contributed by atoms with Crippen LogP contribution < -0.4 is 10.6 Å². The highest BCUT2D eigenvalue weighted by molar-refractivity contribution is 6.06. The standard InChI is InChI=1S/C17H20N4O3/c1-10(2)19-15(22)9-21-16(23)14(20-17(21)24)7-11-8-18-13-6-4-3-5-12(11)13/h3-6,8,10,14,18H,7,9H2,1-2H3,(H,19,22)(H,20,24)/t14-/m0/s1. The van der Waals surface area contributed by atoms with Gasteiger partial charge in [0.05, 0.1) is 0 Å². The van der Waals surface area contributed by atoms with Crippen molar-refractivity contribution < 1.29 is 14.4 Å². The van der Waals surface area contributed by atoms with E-state index < -0.39 is 12.1 Å². The topological polar surface area (TPSA) is 94.3 Å². The summed E-state index contributed by atoms with van der Waals surface area (Å²) in [5.41, 5.74) is 1.94. The van der Waals surface area contributed by atoms with Crippen molar-refractivity contribution in [1.29, 1.82) is 0 Å². The number of nitrogens with one attached hydrogen (secondary N) is 3. The van der Waals surface area contributed by atoms with Crippen LogP contribution in [0.5, 0.6) is 0 Å². The molecule has 0 saturated carbocycles. The first-order chi connectivity index (χ1) is 11.5. The number of aromatic nitrogens is 1. The fraction of sp³-hybridized carbons (Fsp3) is 0.353. The van der Waals surface area contributed by atoms with Crippen molar-refractivity contribution in [3.05, 3.63) is 36.0 Å². The van der Waals surface area contributed by atoms with E-state index in [-0.39, 0.29) is 24.4 Å². The number of urea groups is 1. The van der Waals surface area contributed by atoms with Crippen molar-refractivity contribution in [3.63, 3.8) is 0 Å². The monoisotopic (exact) mass is 328 g/mol. The fourth-order valence-electron chi connectivity index (χ4n) is 2.90. The number of hydrogen-bond acceptors (Lipinski definition) is 3. The summed E-state index contributed by atoms with van der Waals surface area (Å²) in [5.74, 6) is -0.717. The van der Waals surface area contributed by atoms with Gasteiger partial charge in [-0.25, -0.2) is 4.79 Å². The highest BCUT2D eigenvalue weighted by atomic mass is 16.2.